The molecule has 0 saturated carbocycles. The van der Waals surface area contributed by atoms with Gasteiger partial charge in [-0.25, -0.2) is 4.39 Å². The van der Waals surface area contributed by atoms with Crippen LogP contribution < -0.4 is 5.73 Å². The summed E-state index contributed by atoms with van der Waals surface area (Å²) in [6.07, 6.45) is 0.999. The van der Waals surface area contributed by atoms with Crippen molar-refractivity contribution in [2.45, 2.75) is 19.9 Å². The van der Waals surface area contributed by atoms with Gasteiger partial charge >= 0.3 is 0 Å². The summed E-state index contributed by atoms with van der Waals surface area (Å²) >= 11 is 10.5. The minimum absolute atomic E-state index is 0.144. The summed E-state index contributed by atoms with van der Waals surface area (Å²) in [7, 11) is 0. The molecular formula is C12H16ClFN2S. The maximum absolute atomic E-state index is 13.3. The molecule has 0 bridgehead atoms. The summed E-state index contributed by atoms with van der Waals surface area (Å²) in [5, 5.41) is 0.144. The van der Waals surface area contributed by atoms with E-state index in [9.17, 15) is 4.39 Å². The van der Waals surface area contributed by atoms with E-state index in [1.54, 1.807) is 6.07 Å². The highest BCUT2D eigenvalue weighted by Crippen LogP contribution is 2.16. The second-order valence-electron chi connectivity index (χ2n) is 3.93. The molecule has 0 spiro atoms. The first-order valence-corrected chi connectivity index (χ1v) is 6.26. The molecule has 0 heterocycles. The van der Waals surface area contributed by atoms with Crippen molar-refractivity contribution >= 4 is 28.8 Å². The van der Waals surface area contributed by atoms with Crippen LogP contribution in [0.5, 0.6) is 0 Å². The molecule has 0 atom stereocenters. The third-order valence-corrected chi connectivity index (χ3v) is 2.75. The Morgan fingerprint density at radius 2 is 2.24 bits per heavy atom. The molecule has 5 heteroatoms. The lowest BCUT2D eigenvalue weighted by Crippen LogP contribution is -2.32. The van der Waals surface area contributed by atoms with Gasteiger partial charge in [-0.05, 0) is 30.7 Å². The van der Waals surface area contributed by atoms with E-state index < -0.39 is 5.82 Å². The molecule has 2 nitrogen and oxygen atoms in total. The fourth-order valence-electron chi connectivity index (χ4n) is 1.65. The molecule has 1 aromatic rings. The summed E-state index contributed by atoms with van der Waals surface area (Å²) in [5.41, 5.74) is 6.40. The van der Waals surface area contributed by atoms with Crippen LogP contribution in [0, 0.1) is 5.82 Å². The monoisotopic (exact) mass is 274 g/mol. The normalized spacial score (nSPS) is 10.8. The van der Waals surface area contributed by atoms with Crippen LogP contribution in [0.15, 0.2) is 18.2 Å². The van der Waals surface area contributed by atoms with E-state index in [1.807, 2.05) is 6.07 Å². The Balaban J connectivity index is 2.71. The fourth-order valence-corrected chi connectivity index (χ4v) is 1.95. The molecule has 2 N–H and O–H groups in total. The van der Waals surface area contributed by atoms with E-state index in [0.29, 0.717) is 18.1 Å². The number of nitrogens with zero attached hydrogens (tertiary/aromatic N) is 1. The predicted molar refractivity (Wildman–Crippen MR) is 73.8 cm³/mol. The molecule has 94 valence electrons. The first-order chi connectivity index (χ1) is 8.02. The number of thiocarbonyl (C=S) groups is 1. The molecule has 0 aromatic heterocycles. The van der Waals surface area contributed by atoms with Crippen LogP contribution in [0.25, 0.3) is 0 Å². The first kappa shape index (κ1) is 14.4. The number of nitrogens with two attached hydrogens (primary N) is 1. The summed E-state index contributed by atoms with van der Waals surface area (Å²) in [4.78, 5) is 2.54. The predicted octanol–water partition coefficient (Wildman–Crippen LogP) is 2.98. The molecule has 0 amide bonds. The van der Waals surface area contributed by atoms with Crippen molar-refractivity contribution in [3.63, 3.8) is 0 Å². The highest BCUT2D eigenvalue weighted by Gasteiger charge is 2.08. The van der Waals surface area contributed by atoms with E-state index in [-0.39, 0.29) is 5.02 Å². The molecule has 0 fully saturated rings. The van der Waals surface area contributed by atoms with Crippen LogP contribution in [-0.4, -0.2) is 23.0 Å². The Morgan fingerprint density at radius 1 is 1.53 bits per heavy atom. The SMILES string of the molecule is CCCN(CC(N)=S)Cc1ccc(Cl)c(F)c1. The molecular weight excluding hydrogens is 259 g/mol. The van der Waals surface area contributed by atoms with Gasteiger partial charge in [0, 0.05) is 13.1 Å². The van der Waals surface area contributed by atoms with Gasteiger partial charge in [0.2, 0.25) is 0 Å². The summed E-state index contributed by atoms with van der Waals surface area (Å²) in [6, 6.07) is 4.83. The first-order valence-electron chi connectivity index (χ1n) is 5.47. The molecule has 1 aromatic carbocycles. The van der Waals surface area contributed by atoms with Gasteiger partial charge in [-0.3, -0.25) is 4.90 Å². The van der Waals surface area contributed by atoms with E-state index in [2.05, 4.69) is 11.8 Å². The number of halogens is 2. The summed E-state index contributed by atoms with van der Waals surface area (Å²) in [5.74, 6) is -0.393. The average molecular weight is 275 g/mol. The molecule has 17 heavy (non-hydrogen) atoms. The topological polar surface area (TPSA) is 29.3 Å². The Labute approximate surface area is 112 Å². The van der Waals surface area contributed by atoms with E-state index in [0.717, 1.165) is 18.5 Å². The minimum Gasteiger partial charge on any atom is -0.392 e. The number of rotatable bonds is 6. The molecule has 0 aliphatic rings. The molecule has 0 aliphatic carbocycles. The number of hydrogen-bond acceptors (Lipinski definition) is 2. The van der Waals surface area contributed by atoms with Gasteiger partial charge in [0.15, 0.2) is 0 Å². The lowest BCUT2D eigenvalue weighted by atomic mass is 10.2. The Bertz CT molecular complexity index is 398. The zero-order valence-corrected chi connectivity index (χ0v) is 11.3. The maximum Gasteiger partial charge on any atom is 0.142 e. The highest BCUT2D eigenvalue weighted by atomic mass is 35.5. The highest BCUT2D eigenvalue weighted by molar-refractivity contribution is 7.80. The van der Waals surface area contributed by atoms with E-state index in [4.69, 9.17) is 29.6 Å². The largest absolute Gasteiger partial charge is 0.392 e. The van der Waals surface area contributed by atoms with Crippen molar-refractivity contribution in [1.29, 1.82) is 0 Å². The van der Waals surface area contributed by atoms with Crippen molar-refractivity contribution < 1.29 is 4.39 Å². The average Bonchev–Trinajstić information content (AvgIpc) is 2.23. The zero-order valence-electron chi connectivity index (χ0n) is 9.75. The third-order valence-electron chi connectivity index (χ3n) is 2.31. The summed E-state index contributed by atoms with van der Waals surface area (Å²) < 4.78 is 13.3. The van der Waals surface area contributed by atoms with Crippen LogP contribution in [0.4, 0.5) is 4.39 Å². The van der Waals surface area contributed by atoms with Crippen LogP contribution in [0.3, 0.4) is 0 Å². The van der Waals surface area contributed by atoms with Crippen LogP contribution in [0.1, 0.15) is 18.9 Å². The van der Waals surface area contributed by atoms with Gasteiger partial charge in [0.1, 0.15) is 5.82 Å². The number of benzene rings is 1. The van der Waals surface area contributed by atoms with Gasteiger partial charge in [-0.15, -0.1) is 0 Å². The Kier molecular flexibility index (Phi) is 5.82. The summed E-state index contributed by atoms with van der Waals surface area (Å²) in [6.45, 7) is 4.13. The minimum atomic E-state index is -0.393. The lowest BCUT2D eigenvalue weighted by molar-refractivity contribution is 0.304. The van der Waals surface area contributed by atoms with E-state index >= 15 is 0 Å². The van der Waals surface area contributed by atoms with Crippen LogP contribution in [-0.2, 0) is 6.54 Å². The fraction of sp³-hybridized carbons (Fsp3) is 0.417. The quantitative estimate of drug-likeness (QED) is 0.809. The molecule has 0 saturated heterocycles. The van der Waals surface area contributed by atoms with Gasteiger partial charge in [0.05, 0.1) is 10.0 Å². The number of hydrogen-bond donors (Lipinski definition) is 1. The van der Waals surface area contributed by atoms with Gasteiger partial charge in [0.25, 0.3) is 0 Å². The van der Waals surface area contributed by atoms with Crippen molar-refractivity contribution in [2.75, 3.05) is 13.1 Å². The van der Waals surface area contributed by atoms with Crippen molar-refractivity contribution in [2.24, 2.45) is 5.73 Å². The van der Waals surface area contributed by atoms with E-state index in [1.165, 1.54) is 6.07 Å². The molecule has 0 radical (unpaired) electrons. The van der Waals surface area contributed by atoms with Crippen LogP contribution >= 0.6 is 23.8 Å². The zero-order chi connectivity index (χ0) is 12.8. The molecule has 0 unspecified atom stereocenters. The van der Waals surface area contributed by atoms with Gasteiger partial charge in [-0.2, -0.15) is 0 Å². The van der Waals surface area contributed by atoms with Gasteiger partial charge in [-0.1, -0.05) is 36.8 Å². The van der Waals surface area contributed by atoms with Crippen LogP contribution in [0.2, 0.25) is 5.02 Å². The maximum atomic E-state index is 13.3. The van der Waals surface area contributed by atoms with Crippen molar-refractivity contribution in [3.8, 4) is 0 Å². The third kappa shape index (κ3) is 4.98. The Morgan fingerprint density at radius 3 is 2.76 bits per heavy atom. The second kappa shape index (κ2) is 6.89. The lowest BCUT2D eigenvalue weighted by Gasteiger charge is -2.21. The second-order valence-corrected chi connectivity index (χ2v) is 4.86. The van der Waals surface area contributed by atoms with Gasteiger partial charge < -0.3 is 5.73 Å². The smallest absolute Gasteiger partial charge is 0.142 e. The van der Waals surface area contributed by atoms with Crippen molar-refractivity contribution in [3.05, 3.63) is 34.6 Å². The van der Waals surface area contributed by atoms with Crippen molar-refractivity contribution in [1.82, 2.24) is 4.90 Å². The molecule has 0 aliphatic heterocycles. The Hall–Kier alpha value is -0.710. The standard InChI is InChI=1S/C12H16ClFN2S/c1-2-5-16(8-12(15)17)7-9-3-4-10(13)11(14)6-9/h3-4,6H,2,5,7-8H2,1H3,(H2,15,17). The molecule has 1 rings (SSSR count).